The maximum Gasteiger partial charge on any atom is 0.321 e. The molecule has 1 aromatic carbocycles. The van der Waals surface area contributed by atoms with Gasteiger partial charge in [-0.2, -0.15) is 0 Å². The molecule has 0 saturated heterocycles. The number of nitrogens with zero attached hydrogens (tertiary/aromatic N) is 1. The van der Waals surface area contributed by atoms with Crippen molar-refractivity contribution in [3.63, 3.8) is 0 Å². The summed E-state index contributed by atoms with van der Waals surface area (Å²) in [5.74, 6) is -0.387. The number of aliphatic hydroxyl groups is 1. The number of carbonyl (C=O) groups is 1. The Labute approximate surface area is 124 Å². The average molecular weight is 298 g/mol. The van der Waals surface area contributed by atoms with E-state index in [1.165, 1.54) is 19.2 Å². The van der Waals surface area contributed by atoms with Gasteiger partial charge in [-0.3, -0.25) is 0 Å². The topological polar surface area (TPSA) is 61.8 Å². The SMILES string of the molecule is CCCCN(CCCO)C(=O)Nc1ccc(OC)c(F)c1. The Bertz CT molecular complexity index is 447. The number of urea groups is 1. The summed E-state index contributed by atoms with van der Waals surface area (Å²) in [6.45, 7) is 3.16. The van der Waals surface area contributed by atoms with Gasteiger partial charge in [0.1, 0.15) is 0 Å². The summed E-state index contributed by atoms with van der Waals surface area (Å²) in [6, 6.07) is 3.99. The summed E-state index contributed by atoms with van der Waals surface area (Å²) >= 11 is 0. The number of halogens is 1. The zero-order valence-electron chi connectivity index (χ0n) is 12.6. The van der Waals surface area contributed by atoms with Gasteiger partial charge in [0.25, 0.3) is 0 Å². The third-order valence-electron chi connectivity index (χ3n) is 3.06. The molecule has 1 rings (SSSR count). The second-order valence-electron chi connectivity index (χ2n) is 4.70. The van der Waals surface area contributed by atoms with Crippen LogP contribution in [-0.2, 0) is 0 Å². The van der Waals surface area contributed by atoms with E-state index >= 15 is 0 Å². The van der Waals surface area contributed by atoms with Crippen molar-refractivity contribution in [1.29, 1.82) is 0 Å². The number of benzene rings is 1. The second kappa shape index (κ2) is 9.18. The molecule has 0 radical (unpaired) electrons. The van der Waals surface area contributed by atoms with E-state index in [2.05, 4.69) is 5.32 Å². The fraction of sp³-hybridized carbons (Fsp3) is 0.533. The average Bonchev–Trinajstić information content (AvgIpc) is 2.47. The molecule has 0 aromatic heterocycles. The highest BCUT2D eigenvalue weighted by Gasteiger charge is 2.13. The van der Waals surface area contributed by atoms with E-state index in [-0.39, 0.29) is 18.4 Å². The maximum atomic E-state index is 13.6. The van der Waals surface area contributed by atoms with Crippen LogP contribution in [0.4, 0.5) is 14.9 Å². The highest BCUT2D eigenvalue weighted by atomic mass is 19.1. The number of anilines is 1. The number of amides is 2. The number of rotatable bonds is 8. The molecule has 0 bridgehead atoms. The van der Waals surface area contributed by atoms with Gasteiger partial charge in [-0.1, -0.05) is 13.3 Å². The van der Waals surface area contributed by atoms with Gasteiger partial charge in [-0.15, -0.1) is 0 Å². The van der Waals surface area contributed by atoms with Gasteiger partial charge < -0.3 is 20.1 Å². The Balaban J connectivity index is 2.68. The lowest BCUT2D eigenvalue weighted by atomic mass is 10.3. The molecule has 0 unspecified atom stereocenters. The minimum Gasteiger partial charge on any atom is -0.494 e. The first-order valence-electron chi connectivity index (χ1n) is 7.12. The van der Waals surface area contributed by atoms with Gasteiger partial charge >= 0.3 is 6.03 Å². The van der Waals surface area contributed by atoms with Crippen LogP contribution in [0.3, 0.4) is 0 Å². The molecule has 0 fully saturated rings. The highest BCUT2D eigenvalue weighted by molar-refractivity contribution is 5.89. The summed E-state index contributed by atoms with van der Waals surface area (Å²) in [6.07, 6.45) is 2.38. The highest BCUT2D eigenvalue weighted by Crippen LogP contribution is 2.20. The minimum atomic E-state index is -0.522. The van der Waals surface area contributed by atoms with E-state index in [4.69, 9.17) is 9.84 Å². The van der Waals surface area contributed by atoms with E-state index in [1.54, 1.807) is 11.0 Å². The fourth-order valence-electron chi connectivity index (χ4n) is 1.87. The molecule has 2 amide bonds. The van der Waals surface area contributed by atoms with Crippen molar-refractivity contribution >= 4 is 11.7 Å². The monoisotopic (exact) mass is 298 g/mol. The van der Waals surface area contributed by atoms with E-state index in [1.807, 2.05) is 6.92 Å². The molecule has 0 atom stereocenters. The summed E-state index contributed by atoms with van der Waals surface area (Å²) in [5, 5.41) is 11.5. The van der Waals surface area contributed by atoms with Crippen LogP contribution in [0, 0.1) is 5.82 Å². The summed E-state index contributed by atoms with van der Waals surface area (Å²) in [4.78, 5) is 13.8. The lowest BCUT2D eigenvalue weighted by Gasteiger charge is -2.22. The molecule has 0 saturated carbocycles. The van der Waals surface area contributed by atoms with Gasteiger partial charge in [-0.25, -0.2) is 9.18 Å². The van der Waals surface area contributed by atoms with Crippen LogP contribution in [0.5, 0.6) is 5.75 Å². The van der Waals surface area contributed by atoms with Crippen LogP contribution in [0.1, 0.15) is 26.2 Å². The Kier molecular flexibility index (Phi) is 7.53. The molecule has 0 heterocycles. The molecule has 0 aliphatic rings. The number of methoxy groups -OCH3 is 1. The van der Waals surface area contributed by atoms with Crippen molar-refractivity contribution in [3.8, 4) is 5.75 Å². The largest absolute Gasteiger partial charge is 0.494 e. The van der Waals surface area contributed by atoms with Crippen molar-refractivity contribution in [3.05, 3.63) is 24.0 Å². The number of carbonyl (C=O) groups excluding carboxylic acids is 1. The van der Waals surface area contributed by atoms with Gasteiger partial charge in [0, 0.05) is 31.5 Å². The summed E-state index contributed by atoms with van der Waals surface area (Å²) in [7, 11) is 1.39. The Morgan fingerprint density at radius 3 is 2.67 bits per heavy atom. The van der Waals surface area contributed by atoms with E-state index in [0.717, 1.165) is 12.8 Å². The number of nitrogens with one attached hydrogen (secondary N) is 1. The smallest absolute Gasteiger partial charge is 0.321 e. The molecule has 6 heteroatoms. The zero-order valence-corrected chi connectivity index (χ0v) is 12.6. The zero-order chi connectivity index (χ0) is 15.7. The van der Waals surface area contributed by atoms with Crippen molar-refractivity contribution in [2.45, 2.75) is 26.2 Å². The van der Waals surface area contributed by atoms with Crippen LogP contribution in [-0.4, -0.2) is 42.8 Å². The molecule has 21 heavy (non-hydrogen) atoms. The molecular weight excluding hydrogens is 275 g/mol. The molecule has 118 valence electrons. The van der Waals surface area contributed by atoms with Gasteiger partial charge in [-0.05, 0) is 25.0 Å². The molecule has 2 N–H and O–H groups in total. The van der Waals surface area contributed by atoms with Crippen LogP contribution < -0.4 is 10.1 Å². The first-order valence-corrected chi connectivity index (χ1v) is 7.12. The number of aliphatic hydroxyl groups excluding tert-OH is 1. The summed E-state index contributed by atoms with van der Waals surface area (Å²) < 4.78 is 18.4. The predicted molar refractivity (Wildman–Crippen MR) is 80.2 cm³/mol. The van der Waals surface area contributed by atoms with Crippen molar-refractivity contribution < 1.29 is 19.0 Å². The lowest BCUT2D eigenvalue weighted by molar-refractivity contribution is 0.201. The van der Waals surface area contributed by atoms with Gasteiger partial charge in [0.05, 0.1) is 7.11 Å². The number of hydrogen-bond acceptors (Lipinski definition) is 3. The predicted octanol–water partition coefficient (Wildman–Crippen LogP) is 2.85. The Morgan fingerprint density at radius 2 is 2.10 bits per heavy atom. The molecule has 5 nitrogen and oxygen atoms in total. The molecule has 1 aromatic rings. The first-order chi connectivity index (χ1) is 10.1. The third-order valence-corrected chi connectivity index (χ3v) is 3.06. The second-order valence-corrected chi connectivity index (χ2v) is 4.70. The fourth-order valence-corrected chi connectivity index (χ4v) is 1.87. The van der Waals surface area contributed by atoms with Crippen LogP contribution in [0.15, 0.2) is 18.2 Å². The lowest BCUT2D eigenvalue weighted by Crippen LogP contribution is -2.36. The molecule has 0 aliphatic carbocycles. The van der Waals surface area contributed by atoms with Gasteiger partial charge in [0.15, 0.2) is 11.6 Å². The van der Waals surface area contributed by atoms with Crippen molar-refractivity contribution in [2.24, 2.45) is 0 Å². The first kappa shape index (κ1) is 17.2. The maximum absolute atomic E-state index is 13.6. The van der Waals surface area contributed by atoms with Gasteiger partial charge in [0.2, 0.25) is 0 Å². The third kappa shape index (κ3) is 5.59. The Hall–Kier alpha value is -1.82. The minimum absolute atomic E-state index is 0.0348. The van der Waals surface area contributed by atoms with Crippen LogP contribution in [0.25, 0.3) is 0 Å². The van der Waals surface area contributed by atoms with Crippen LogP contribution >= 0.6 is 0 Å². The standard InChI is InChI=1S/C15H23FN2O3/c1-3-4-8-18(9-5-10-19)15(20)17-12-6-7-14(21-2)13(16)11-12/h6-7,11,19H,3-5,8-10H2,1-2H3,(H,17,20). The van der Waals surface area contributed by atoms with Crippen LogP contribution in [0.2, 0.25) is 0 Å². The molecule has 0 spiro atoms. The van der Waals surface area contributed by atoms with Crippen molar-refractivity contribution in [2.75, 3.05) is 32.1 Å². The van der Waals surface area contributed by atoms with E-state index in [9.17, 15) is 9.18 Å². The number of unbranched alkanes of at least 4 members (excludes halogenated alkanes) is 1. The summed E-state index contributed by atoms with van der Waals surface area (Å²) in [5.41, 5.74) is 0.379. The van der Waals surface area contributed by atoms with E-state index < -0.39 is 5.82 Å². The van der Waals surface area contributed by atoms with Crippen molar-refractivity contribution in [1.82, 2.24) is 4.90 Å². The van der Waals surface area contributed by atoms with E-state index in [0.29, 0.717) is 25.2 Å². The molecule has 0 aliphatic heterocycles. The Morgan fingerprint density at radius 1 is 1.38 bits per heavy atom. The quantitative estimate of drug-likeness (QED) is 0.776. The molecular formula is C15H23FN2O3. The number of hydrogen-bond donors (Lipinski definition) is 2. The normalized spacial score (nSPS) is 10.3. The number of ether oxygens (including phenoxy) is 1.